The van der Waals surface area contributed by atoms with Crippen LogP contribution in [0.15, 0.2) is 42.1 Å². The lowest BCUT2D eigenvalue weighted by Crippen LogP contribution is -2.28. The van der Waals surface area contributed by atoms with Crippen LogP contribution in [0.2, 0.25) is 0 Å². The van der Waals surface area contributed by atoms with Crippen molar-refractivity contribution in [3.05, 3.63) is 53.2 Å². The molecule has 0 unspecified atom stereocenters. The minimum Gasteiger partial charge on any atom is -0.302 e. The summed E-state index contributed by atoms with van der Waals surface area (Å²) >= 11 is 0. The van der Waals surface area contributed by atoms with Gasteiger partial charge in [0.2, 0.25) is 5.91 Å². The van der Waals surface area contributed by atoms with Gasteiger partial charge in [-0.1, -0.05) is 88.3 Å². The monoisotopic (exact) mass is 392 g/mol. The SMILES string of the molecule is CCCCCCCCCCc1ccc2c(/C=C3\NNC(=O)C3(C)C)cccc2c1. The summed E-state index contributed by atoms with van der Waals surface area (Å²) in [6.45, 7) is 6.16. The zero-order chi connectivity index (χ0) is 20.7. The third kappa shape index (κ3) is 5.41. The van der Waals surface area contributed by atoms with E-state index in [9.17, 15) is 4.79 Å². The molecule has 0 aromatic heterocycles. The minimum absolute atomic E-state index is 0.0108. The molecular formula is C26H36N2O. The molecule has 3 heteroatoms. The van der Waals surface area contributed by atoms with Crippen molar-refractivity contribution in [1.29, 1.82) is 0 Å². The molecular weight excluding hydrogens is 356 g/mol. The molecule has 0 bridgehead atoms. The number of unbranched alkanes of at least 4 members (excludes halogenated alkanes) is 7. The topological polar surface area (TPSA) is 41.1 Å². The van der Waals surface area contributed by atoms with Gasteiger partial charge in [-0.2, -0.15) is 0 Å². The summed E-state index contributed by atoms with van der Waals surface area (Å²) in [5.74, 6) is 0.0108. The normalized spacial score (nSPS) is 16.9. The first-order valence-electron chi connectivity index (χ1n) is 11.3. The maximum absolute atomic E-state index is 12.0. The molecule has 3 rings (SSSR count). The molecule has 0 radical (unpaired) electrons. The van der Waals surface area contributed by atoms with Gasteiger partial charge >= 0.3 is 0 Å². The number of aryl methyl sites for hydroxylation is 1. The van der Waals surface area contributed by atoms with Crippen molar-refractivity contribution in [2.75, 3.05) is 0 Å². The van der Waals surface area contributed by atoms with Crippen molar-refractivity contribution in [2.24, 2.45) is 5.41 Å². The summed E-state index contributed by atoms with van der Waals surface area (Å²) in [5, 5.41) is 2.50. The highest BCUT2D eigenvalue weighted by molar-refractivity contribution is 5.94. The van der Waals surface area contributed by atoms with E-state index in [0.29, 0.717) is 0 Å². The van der Waals surface area contributed by atoms with Gasteiger partial charge in [0.25, 0.3) is 0 Å². The molecule has 2 aromatic rings. The first-order chi connectivity index (χ1) is 14.0. The largest absolute Gasteiger partial charge is 0.302 e. The van der Waals surface area contributed by atoms with Gasteiger partial charge < -0.3 is 5.43 Å². The zero-order valence-corrected chi connectivity index (χ0v) is 18.3. The second-order valence-electron chi connectivity index (χ2n) is 8.89. The number of amides is 1. The summed E-state index contributed by atoms with van der Waals surface area (Å²) in [6, 6.07) is 13.2. The second kappa shape index (κ2) is 9.96. The van der Waals surface area contributed by atoms with E-state index in [1.807, 2.05) is 13.8 Å². The molecule has 3 nitrogen and oxygen atoms in total. The summed E-state index contributed by atoms with van der Waals surface area (Å²) < 4.78 is 0. The van der Waals surface area contributed by atoms with Gasteiger partial charge in [0.05, 0.1) is 5.41 Å². The number of carbonyl (C=O) groups is 1. The summed E-state index contributed by atoms with van der Waals surface area (Å²) in [6.07, 6.45) is 14.1. The first kappa shape index (κ1) is 21.4. The Morgan fingerprint density at radius 3 is 2.31 bits per heavy atom. The standard InChI is InChI=1S/C26H36N2O/c1-4-5-6-7-8-9-10-11-13-20-16-17-23-21(18-20)14-12-15-22(23)19-24-26(2,3)25(29)28-27-24/h12,14-19,27H,4-11,13H2,1-3H3,(H,28,29)/b24-19-. The first-order valence-corrected chi connectivity index (χ1v) is 11.3. The maximum Gasteiger partial charge on any atom is 0.249 e. The van der Waals surface area contributed by atoms with Crippen molar-refractivity contribution in [3.63, 3.8) is 0 Å². The molecule has 156 valence electrons. The highest BCUT2D eigenvalue weighted by atomic mass is 16.2. The Morgan fingerprint density at radius 1 is 0.897 bits per heavy atom. The molecule has 1 amide bonds. The summed E-state index contributed by atoms with van der Waals surface area (Å²) in [4.78, 5) is 12.0. The Bertz CT molecular complexity index is 866. The Balaban J connectivity index is 1.61. The smallest absolute Gasteiger partial charge is 0.249 e. The number of rotatable bonds is 10. The highest BCUT2D eigenvalue weighted by Crippen LogP contribution is 2.31. The van der Waals surface area contributed by atoms with Gasteiger partial charge in [-0.15, -0.1) is 0 Å². The molecule has 1 saturated heterocycles. The molecule has 0 spiro atoms. The lowest BCUT2D eigenvalue weighted by molar-refractivity contribution is -0.125. The fraction of sp³-hybridized carbons (Fsp3) is 0.500. The van der Waals surface area contributed by atoms with E-state index in [4.69, 9.17) is 0 Å². The van der Waals surface area contributed by atoms with E-state index in [-0.39, 0.29) is 5.91 Å². The molecule has 0 aliphatic carbocycles. The lowest BCUT2D eigenvalue weighted by atomic mass is 9.88. The molecule has 1 aliphatic heterocycles. The van der Waals surface area contributed by atoms with Crippen molar-refractivity contribution < 1.29 is 4.79 Å². The van der Waals surface area contributed by atoms with Crippen LogP contribution in [0.5, 0.6) is 0 Å². The van der Waals surface area contributed by atoms with Crippen molar-refractivity contribution in [3.8, 4) is 0 Å². The second-order valence-corrected chi connectivity index (χ2v) is 8.89. The van der Waals surface area contributed by atoms with Crippen molar-refractivity contribution >= 4 is 22.8 Å². The fourth-order valence-electron chi connectivity index (χ4n) is 4.03. The summed E-state index contributed by atoms with van der Waals surface area (Å²) in [5.41, 5.74) is 8.72. The van der Waals surface area contributed by atoms with Crippen LogP contribution in [0.3, 0.4) is 0 Å². The van der Waals surface area contributed by atoms with Crippen LogP contribution in [-0.2, 0) is 11.2 Å². The van der Waals surface area contributed by atoms with Crippen LogP contribution in [0, 0.1) is 5.41 Å². The minimum atomic E-state index is -0.529. The number of hydrazine groups is 1. The third-order valence-electron chi connectivity index (χ3n) is 6.15. The van der Waals surface area contributed by atoms with Crippen molar-refractivity contribution in [1.82, 2.24) is 10.9 Å². The van der Waals surface area contributed by atoms with Gasteiger partial charge in [0, 0.05) is 5.70 Å². The molecule has 0 saturated carbocycles. The van der Waals surface area contributed by atoms with E-state index in [0.717, 1.165) is 17.7 Å². The number of fused-ring (bicyclic) bond motifs is 1. The number of carbonyl (C=O) groups excluding carboxylic acids is 1. The van der Waals surface area contributed by atoms with Gasteiger partial charge in [0.1, 0.15) is 0 Å². The van der Waals surface area contributed by atoms with Crippen LogP contribution >= 0.6 is 0 Å². The van der Waals surface area contributed by atoms with E-state index in [1.54, 1.807) is 0 Å². The Labute approximate surface area is 175 Å². The zero-order valence-electron chi connectivity index (χ0n) is 18.3. The number of benzene rings is 2. The maximum atomic E-state index is 12.0. The van der Waals surface area contributed by atoms with Crippen LogP contribution < -0.4 is 10.9 Å². The molecule has 2 aromatic carbocycles. The molecule has 29 heavy (non-hydrogen) atoms. The predicted molar refractivity (Wildman–Crippen MR) is 123 cm³/mol. The average molecular weight is 393 g/mol. The van der Waals surface area contributed by atoms with E-state index in [1.165, 1.54) is 67.7 Å². The Morgan fingerprint density at radius 2 is 1.62 bits per heavy atom. The molecule has 1 aliphatic rings. The molecule has 1 heterocycles. The number of nitrogens with one attached hydrogen (secondary N) is 2. The van der Waals surface area contributed by atoms with Gasteiger partial charge in [-0.3, -0.25) is 10.2 Å². The van der Waals surface area contributed by atoms with E-state index < -0.39 is 5.41 Å². The average Bonchev–Trinajstić information content (AvgIpc) is 2.96. The van der Waals surface area contributed by atoms with E-state index >= 15 is 0 Å². The molecule has 0 atom stereocenters. The summed E-state index contributed by atoms with van der Waals surface area (Å²) in [7, 11) is 0. The van der Waals surface area contributed by atoms with Gasteiger partial charge in [-0.05, 0) is 54.7 Å². The third-order valence-corrected chi connectivity index (χ3v) is 6.15. The van der Waals surface area contributed by atoms with Crippen LogP contribution in [0.25, 0.3) is 16.8 Å². The fourth-order valence-corrected chi connectivity index (χ4v) is 4.03. The molecule has 2 N–H and O–H groups in total. The van der Waals surface area contributed by atoms with Crippen LogP contribution in [-0.4, -0.2) is 5.91 Å². The number of hydrogen-bond acceptors (Lipinski definition) is 2. The Kier molecular flexibility index (Phi) is 7.35. The highest BCUT2D eigenvalue weighted by Gasteiger charge is 2.37. The van der Waals surface area contributed by atoms with Gasteiger partial charge in [0.15, 0.2) is 0 Å². The molecule has 1 fully saturated rings. The quantitative estimate of drug-likeness (QED) is 0.452. The lowest BCUT2D eigenvalue weighted by Gasteiger charge is -2.15. The Hall–Kier alpha value is -2.29. The predicted octanol–water partition coefficient (Wildman–Crippen LogP) is 6.52. The number of hydrogen-bond donors (Lipinski definition) is 2. The van der Waals surface area contributed by atoms with Gasteiger partial charge in [-0.25, -0.2) is 0 Å². The van der Waals surface area contributed by atoms with Crippen LogP contribution in [0.4, 0.5) is 0 Å². The van der Waals surface area contributed by atoms with E-state index in [2.05, 4.69) is 60.2 Å². The van der Waals surface area contributed by atoms with Crippen molar-refractivity contribution in [2.45, 2.75) is 78.6 Å². The van der Waals surface area contributed by atoms with Crippen LogP contribution in [0.1, 0.15) is 83.3 Å².